The zero-order valence-corrected chi connectivity index (χ0v) is 15.9. The lowest BCUT2D eigenvalue weighted by Gasteiger charge is -2.32. The van der Waals surface area contributed by atoms with E-state index in [0.29, 0.717) is 0 Å². The monoisotopic (exact) mass is 352 g/mol. The van der Waals surface area contributed by atoms with Crippen molar-refractivity contribution in [1.82, 2.24) is 9.21 Å². The molecule has 5 nitrogen and oxygen atoms in total. The van der Waals surface area contributed by atoms with Gasteiger partial charge in [0.25, 0.3) is 0 Å². The molecule has 1 aliphatic rings. The van der Waals surface area contributed by atoms with Crippen molar-refractivity contribution in [2.75, 3.05) is 20.6 Å². The number of rotatable bonds is 5. The van der Waals surface area contributed by atoms with E-state index < -0.39 is 10.0 Å². The van der Waals surface area contributed by atoms with E-state index in [1.807, 2.05) is 13.8 Å². The van der Waals surface area contributed by atoms with Gasteiger partial charge in [-0.1, -0.05) is 25.3 Å². The highest BCUT2D eigenvalue weighted by Gasteiger charge is 2.27. The Balaban J connectivity index is 2.07. The molecule has 1 amide bonds. The highest BCUT2D eigenvalue weighted by Crippen LogP contribution is 2.22. The average molecular weight is 353 g/mol. The lowest BCUT2D eigenvalue weighted by molar-refractivity contribution is -0.132. The highest BCUT2D eigenvalue weighted by atomic mass is 32.2. The Bertz CT molecular complexity index is 694. The summed E-state index contributed by atoms with van der Waals surface area (Å²) in [5.41, 5.74) is 1.97. The van der Waals surface area contributed by atoms with Gasteiger partial charge in [-0.05, 0) is 49.9 Å². The van der Waals surface area contributed by atoms with Gasteiger partial charge >= 0.3 is 0 Å². The van der Waals surface area contributed by atoms with Crippen LogP contribution in [0.1, 0.15) is 43.2 Å². The van der Waals surface area contributed by atoms with E-state index in [0.717, 1.165) is 41.1 Å². The number of benzene rings is 1. The summed E-state index contributed by atoms with van der Waals surface area (Å²) in [6, 6.07) is 5.30. The van der Waals surface area contributed by atoms with E-state index in [-0.39, 0.29) is 23.4 Å². The van der Waals surface area contributed by atoms with Crippen molar-refractivity contribution >= 4 is 15.9 Å². The van der Waals surface area contributed by atoms with E-state index in [1.165, 1.54) is 13.5 Å². The number of hydrogen-bond acceptors (Lipinski definition) is 3. The molecule has 0 unspecified atom stereocenters. The van der Waals surface area contributed by atoms with Gasteiger partial charge < -0.3 is 4.90 Å². The first-order valence-electron chi connectivity index (χ1n) is 8.52. The Morgan fingerprint density at radius 2 is 1.71 bits per heavy atom. The van der Waals surface area contributed by atoms with Crippen LogP contribution in [0.5, 0.6) is 0 Å². The number of sulfonamides is 1. The Labute approximate surface area is 145 Å². The van der Waals surface area contributed by atoms with Gasteiger partial charge in [0.2, 0.25) is 15.9 Å². The number of amides is 1. The smallest absolute Gasteiger partial charge is 0.243 e. The Kier molecular flexibility index (Phi) is 6.04. The maximum atomic E-state index is 12.7. The SMILES string of the molecule is Cc1ccc(S(=O)(=O)N(C)CC(=O)N(C)C2CCCCC2)cc1C. The van der Waals surface area contributed by atoms with Gasteiger partial charge in [-0.3, -0.25) is 4.79 Å². The van der Waals surface area contributed by atoms with Gasteiger partial charge in [-0.2, -0.15) is 4.31 Å². The third-order valence-corrected chi connectivity index (χ3v) is 6.86. The second-order valence-corrected chi connectivity index (χ2v) is 8.85. The predicted octanol–water partition coefficient (Wildman–Crippen LogP) is 2.72. The molecule has 0 spiro atoms. The number of nitrogens with zero attached hydrogens (tertiary/aromatic N) is 2. The Hall–Kier alpha value is -1.40. The second kappa shape index (κ2) is 7.66. The molecule has 0 bridgehead atoms. The Morgan fingerprint density at radius 1 is 1.08 bits per heavy atom. The molecule has 0 N–H and O–H groups in total. The largest absolute Gasteiger partial charge is 0.342 e. The normalized spacial score (nSPS) is 16.4. The molecule has 1 aromatic rings. The van der Waals surface area contributed by atoms with Crippen LogP contribution in [0.25, 0.3) is 0 Å². The fourth-order valence-electron chi connectivity index (χ4n) is 3.11. The molecule has 0 aliphatic heterocycles. The second-order valence-electron chi connectivity index (χ2n) is 6.80. The summed E-state index contributed by atoms with van der Waals surface area (Å²) in [5, 5.41) is 0. The van der Waals surface area contributed by atoms with Crippen molar-refractivity contribution in [3.63, 3.8) is 0 Å². The van der Waals surface area contributed by atoms with E-state index in [1.54, 1.807) is 30.1 Å². The van der Waals surface area contributed by atoms with Crippen molar-refractivity contribution in [1.29, 1.82) is 0 Å². The van der Waals surface area contributed by atoms with Gasteiger partial charge in [0.05, 0.1) is 11.4 Å². The molecule has 6 heteroatoms. The lowest BCUT2D eigenvalue weighted by Crippen LogP contribution is -2.44. The first-order chi connectivity index (χ1) is 11.2. The van der Waals surface area contributed by atoms with Crippen LogP contribution in [0.4, 0.5) is 0 Å². The summed E-state index contributed by atoms with van der Waals surface area (Å²) in [6.45, 7) is 3.71. The minimum atomic E-state index is -3.65. The molecular formula is C18H28N2O3S. The van der Waals surface area contributed by atoms with Crippen LogP contribution in [0, 0.1) is 13.8 Å². The van der Waals surface area contributed by atoms with Crippen LogP contribution in [-0.4, -0.2) is 50.2 Å². The minimum Gasteiger partial charge on any atom is -0.342 e. The van der Waals surface area contributed by atoms with Gasteiger partial charge in [0, 0.05) is 20.1 Å². The summed E-state index contributed by atoms with van der Waals surface area (Å²) >= 11 is 0. The van der Waals surface area contributed by atoms with Crippen molar-refractivity contribution in [2.45, 2.75) is 56.9 Å². The van der Waals surface area contributed by atoms with Gasteiger partial charge in [0.15, 0.2) is 0 Å². The highest BCUT2D eigenvalue weighted by molar-refractivity contribution is 7.89. The molecule has 1 aliphatic carbocycles. The zero-order valence-electron chi connectivity index (χ0n) is 15.1. The van der Waals surface area contributed by atoms with Gasteiger partial charge in [0.1, 0.15) is 0 Å². The minimum absolute atomic E-state index is 0.123. The van der Waals surface area contributed by atoms with Crippen LogP contribution in [0.3, 0.4) is 0 Å². The zero-order chi connectivity index (χ0) is 17.9. The number of hydrogen-bond donors (Lipinski definition) is 0. The molecule has 2 rings (SSSR count). The molecule has 0 radical (unpaired) electrons. The molecule has 134 valence electrons. The van der Waals surface area contributed by atoms with Crippen LogP contribution in [0.15, 0.2) is 23.1 Å². The predicted molar refractivity (Wildman–Crippen MR) is 95.4 cm³/mol. The first kappa shape index (κ1) is 18.9. The topological polar surface area (TPSA) is 57.7 Å². The van der Waals surface area contributed by atoms with E-state index in [2.05, 4.69) is 0 Å². The third kappa shape index (κ3) is 4.16. The van der Waals surface area contributed by atoms with Crippen molar-refractivity contribution < 1.29 is 13.2 Å². The fraction of sp³-hybridized carbons (Fsp3) is 0.611. The third-order valence-electron chi connectivity index (χ3n) is 5.06. The molecule has 24 heavy (non-hydrogen) atoms. The maximum absolute atomic E-state index is 12.7. The van der Waals surface area contributed by atoms with Crippen LogP contribution in [-0.2, 0) is 14.8 Å². The van der Waals surface area contributed by atoms with Crippen molar-refractivity contribution in [2.24, 2.45) is 0 Å². The summed E-state index contributed by atoms with van der Waals surface area (Å²) < 4.78 is 26.5. The first-order valence-corrected chi connectivity index (χ1v) is 9.96. The quantitative estimate of drug-likeness (QED) is 0.819. The van der Waals surface area contributed by atoms with E-state index in [4.69, 9.17) is 0 Å². The molecule has 0 saturated heterocycles. The summed E-state index contributed by atoms with van der Waals surface area (Å²) in [5.74, 6) is -0.142. The van der Waals surface area contributed by atoms with Crippen molar-refractivity contribution in [3.05, 3.63) is 29.3 Å². The number of carbonyl (C=O) groups is 1. The number of carbonyl (C=O) groups excluding carboxylic acids is 1. The van der Waals surface area contributed by atoms with Crippen LogP contribution >= 0.6 is 0 Å². The van der Waals surface area contributed by atoms with E-state index in [9.17, 15) is 13.2 Å². The molecule has 1 aromatic carbocycles. The molecule has 1 fully saturated rings. The van der Waals surface area contributed by atoms with Crippen LogP contribution in [0.2, 0.25) is 0 Å². The lowest BCUT2D eigenvalue weighted by atomic mass is 9.94. The number of likely N-dealkylation sites (N-methyl/N-ethyl adjacent to an activating group) is 2. The summed E-state index contributed by atoms with van der Waals surface area (Å²) in [4.78, 5) is 14.4. The van der Waals surface area contributed by atoms with E-state index >= 15 is 0 Å². The molecular weight excluding hydrogens is 324 g/mol. The van der Waals surface area contributed by atoms with Crippen molar-refractivity contribution in [3.8, 4) is 0 Å². The average Bonchev–Trinajstić information content (AvgIpc) is 2.57. The molecule has 0 heterocycles. The molecule has 0 aromatic heterocycles. The molecule has 0 atom stereocenters. The fourth-order valence-corrected chi connectivity index (χ4v) is 4.32. The maximum Gasteiger partial charge on any atom is 0.243 e. The standard InChI is InChI=1S/C18H28N2O3S/c1-14-10-11-17(12-15(14)2)24(22,23)19(3)13-18(21)20(4)16-8-6-5-7-9-16/h10-12,16H,5-9,13H2,1-4H3. The van der Waals surface area contributed by atoms with Crippen LogP contribution < -0.4 is 0 Å². The van der Waals surface area contributed by atoms with Gasteiger partial charge in [-0.15, -0.1) is 0 Å². The van der Waals surface area contributed by atoms with Gasteiger partial charge in [-0.25, -0.2) is 8.42 Å². The Morgan fingerprint density at radius 3 is 2.29 bits per heavy atom. The molecule has 1 saturated carbocycles. The summed E-state index contributed by atoms with van der Waals surface area (Å²) in [7, 11) is -0.396. The number of aryl methyl sites for hydroxylation is 2. The summed E-state index contributed by atoms with van der Waals surface area (Å²) in [6.07, 6.45) is 5.52.